The Labute approximate surface area is 136 Å². The maximum atomic E-state index is 11.3. The molecule has 1 amide bonds. The summed E-state index contributed by atoms with van der Waals surface area (Å²) in [7, 11) is 0. The lowest BCUT2D eigenvalue weighted by atomic mass is 9.88. The van der Waals surface area contributed by atoms with Gasteiger partial charge in [-0.1, -0.05) is 0 Å². The lowest BCUT2D eigenvalue weighted by Crippen LogP contribution is -2.67. The zero-order valence-electron chi connectivity index (χ0n) is 13.1. The van der Waals surface area contributed by atoms with Gasteiger partial charge >= 0.3 is 11.9 Å². The standard InChI is InChI=1S/C13H21NO10/c1-5(16)14-9-7(18)3-13(22,12(20)21)24-11(9)10(19)8(4-15)23-6(2)17/h7-11,15,18-19,22H,3-4H2,1-2H3,(H,14,16)(H,20,21)/t7-,8?,9+,10?,11+,13?/m0/s1. The molecule has 0 spiro atoms. The highest BCUT2D eigenvalue weighted by molar-refractivity contribution is 5.76. The van der Waals surface area contributed by atoms with Gasteiger partial charge in [0.1, 0.15) is 12.2 Å². The van der Waals surface area contributed by atoms with Gasteiger partial charge in [0.15, 0.2) is 6.10 Å². The molecule has 11 nitrogen and oxygen atoms in total. The smallest absolute Gasteiger partial charge is 0.364 e. The van der Waals surface area contributed by atoms with Crippen LogP contribution in [0, 0.1) is 0 Å². The number of esters is 1. The molecule has 1 rings (SSSR count). The SMILES string of the molecule is CC(=O)N[C@@H]1[C@@H](O)CC(O)(C(=O)O)O[C@H]1C(O)C(CO)OC(C)=O. The van der Waals surface area contributed by atoms with Crippen LogP contribution in [0.1, 0.15) is 20.3 Å². The predicted octanol–water partition coefficient (Wildman–Crippen LogP) is -3.30. The Balaban J connectivity index is 3.14. The quantitative estimate of drug-likeness (QED) is 0.265. The Morgan fingerprint density at radius 2 is 1.96 bits per heavy atom. The van der Waals surface area contributed by atoms with Crippen LogP contribution < -0.4 is 5.32 Å². The van der Waals surface area contributed by atoms with Crippen molar-refractivity contribution in [3.63, 3.8) is 0 Å². The first-order chi connectivity index (χ1) is 11.0. The number of nitrogens with one attached hydrogen (secondary N) is 1. The van der Waals surface area contributed by atoms with Gasteiger partial charge in [-0.05, 0) is 0 Å². The topological polar surface area (TPSA) is 183 Å². The Hall–Kier alpha value is -1.79. The molecule has 24 heavy (non-hydrogen) atoms. The number of hydrogen-bond acceptors (Lipinski definition) is 9. The highest BCUT2D eigenvalue weighted by Gasteiger charge is 2.54. The average Bonchev–Trinajstić information content (AvgIpc) is 2.46. The molecule has 0 aromatic rings. The second-order valence-electron chi connectivity index (χ2n) is 5.49. The van der Waals surface area contributed by atoms with Crippen molar-refractivity contribution in [1.82, 2.24) is 5.32 Å². The molecule has 1 fully saturated rings. The van der Waals surface area contributed by atoms with Gasteiger partial charge in [-0.15, -0.1) is 0 Å². The number of aliphatic hydroxyl groups excluding tert-OH is 3. The third-order valence-electron chi connectivity index (χ3n) is 3.50. The van der Waals surface area contributed by atoms with E-state index in [1.54, 1.807) is 0 Å². The maximum Gasteiger partial charge on any atom is 0.364 e. The van der Waals surface area contributed by atoms with Gasteiger partial charge in [0.2, 0.25) is 5.91 Å². The van der Waals surface area contributed by atoms with Crippen molar-refractivity contribution in [2.75, 3.05) is 6.61 Å². The van der Waals surface area contributed by atoms with E-state index in [0.29, 0.717) is 0 Å². The molecule has 6 atom stereocenters. The number of rotatable bonds is 6. The Kier molecular flexibility index (Phi) is 6.63. The number of carboxylic acid groups (broad SMARTS) is 1. The van der Waals surface area contributed by atoms with E-state index in [0.717, 1.165) is 13.8 Å². The molecular weight excluding hydrogens is 330 g/mol. The van der Waals surface area contributed by atoms with Gasteiger partial charge in [-0.3, -0.25) is 9.59 Å². The number of carbonyl (C=O) groups is 3. The fourth-order valence-electron chi connectivity index (χ4n) is 2.45. The summed E-state index contributed by atoms with van der Waals surface area (Å²) < 4.78 is 9.66. The van der Waals surface area contributed by atoms with E-state index in [-0.39, 0.29) is 0 Å². The minimum atomic E-state index is -2.82. The minimum absolute atomic E-state index is 0.617. The van der Waals surface area contributed by atoms with Crippen LogP contribution in [-0.2, 0) is 23.9 Å². The summed E-state index contributed by atoms with van der Waals surface area (Å²) in [5.74, 6) is -6.09. The molecule has 0 aromatic carbocycles. The molecule has 1 aliphatic rings. The molecule has 138 valence electrons. The summed E-state index contributed by atoms with van der Waals surface area (Å²) in [4.78, 5) is 33.4. The summed E-state index contributed by atoms with van der Waals surface area (Å²) in [6.07, 6.45) is -7.38. The highest BCUT2D eigenvalue weighted by atomic mass is 16.7. The molecular formula is C13H21NO10. The van der Waals surface area contributed by atoms with E-state index in [1.807, 2.05) is 0 Å². The first kappa shape index (κ1) is 20.3. The van der Waals surface area contributed by atoms with Gasteiger partial charge in [0, 0.05) is 20.3 Å². The van der Waals surface area contributed by atoms with Crippen LogP contribution in [0.3, 0.4) is 0 Å². The van der Waals surface area contributed by atoms with E-state index >= 15 is 0 Å². The van der Waals surface area contributed by atoms with Crippen molar-refractivity contribution in [3.8, 4) is 0 Å². The number of hydrogen-bond donors (Lipinski definition) is 6. The summed E-state index contributed by atoms with van der Waals surface area (Å²) >= 11 is 0. The van der Waals surface area contributed by atoms with E-state index < -0.39 is 67.1 Å². The number of carboxylic acids is 1. The van der Waals surface area contributed by atoms with Gasteiger partial charge in [-0.2, -0.15) is 0 Å². The van der Waals surface area contributed by atoms with Crippen LogP contribution in [0.15, 0.2) is 0 Å². The van der Waals surface area contributed by atoms with Crippen molar-refractivity contribution >= 4 is 17.8 Å². The molecule has 1 aliphatic heterocycles. The maximum absolute atomic E-state index is 11.3. The molecule has 6 N–H and O–H groups in total. The van der Waals surface area contributed by atoms with E-state index in [9.17, 15) is 34.8 Å². The summed E-state index contributed by atoms with van der Waals surface area (Å²) in [6.45, 7) is 1.30. The van der Waals surface area contributed by atoms with Crippen LogP contribution in [0.4, 0.5) is 0 Å². The lowest BCUT2D eigenvalue weighted by molar-refractivity contribution is -0.295. The third-order valence-corrected chi connectivity index (χ3v) is 3.50. The van der Waals surface area contributed by atoms with Crippen molar-refractivity contribution in [1.29, 1.82) is 0 Å². The first-order valence-corrected chi connectivity index (χ1v) is 7.06. The number of amides is 1. The number of ether oxygens (including phenoxy) is 2. The average molecular weight is 351 g/mol. The summed E-state index contributed by atoms with van der Waals surface area (Å²) in [5, 5.41) is 50.8. The summed E-state index contributed by atoms with van der Waals surface area (Å²) in [6, 6.07) is -1.30. The fourth-order valence-corrected chi connectivity index (χ4v) is 2.45. The van der Waals surface area contributed by atoms with E-state index in [4.69, 9.17) is 9.84 Å². The van der Waals surface area contributed by atoms with E-state index in [1.165, 1.54) is 0 Å². The number of carbonyl (C=O) groups excluding carboxylic acids is 2. The Morgan fingerprint density at radius 3 is 2.38 bits per heavy atom. The second-order valence-corrected chi connectivity index (χ2v) is 5.49. The van der Waals surface area contributed by atoms with Crippen molar-refractivity contribution < 1.29 is 49.4 Å². The molecule has 0 saturated carbocycles. The van der Waals surface area contributed by atoms with E-state index in [2.05, 4.69) is 10.1 Å². The minimum Gasteiger partial charge on any atom is -0.477 e. The number of aliphatic carboxylic acids is 1. The zero-order chi connectivity index (χ0) is 18.7. The van der Waals surface area contributed by atoms with Gasteiger partial charge in [-0.25, -0.2) is 4.79 Å². The molecule has 1 saturated heterocycles. The van der Waals surface area contributed by atoms with Crippen molar-refractivity contribution in [2.24, 2.45) is 0 Å². The number of aliphatic hydroxyl groups is 4. The molecule has 3 unspecified atom stereocenters. The third kappa shape index (κ3) is 4.61. The van der Waals surface area contributed by atoms with Gasteiger partial charge < -0.3 is 40.3 Å². The Bertz CT molecular complexity index is 497. The van der Waals surface area contributed by atoms with Gasteiger partial charge in [0.25, 0.3) is 5.79 Å². The Morgan fingerprint density at radius 1 is 1.38 bits per heavy atom. The largest absolute Gasteiger partial charge is 0.477 e. The van der Waals surface area contributed by atoms with Crippen molar-refractivity contribution in [2.45, 2.75) is 56.5 Å². The van der Waals surface area contributed by atoms with Crippen LogP contribution in [0.5, 0.6) is 0 Å². The van der Waals surface area contributed by atoms with Gasteiger partial charge in [0.05, 0.1) is 18.8 Å². The molecule has 11 heteroatoms. The predicted molar refractivity (Wildman–Crippen MR) is 74.3 cm³/mol. The second kappa shape index (κ2) is 7.85. The van der Waals surface area contributed by atoms with Crippen LogP contribution >= 0.6 is 0 Å². The molecule has 0 aromatic heterocycles. The fraction of sp³-hybridized carbons (Fsp3) is 0.769. The molecule has 1 heterocycles. The molecule has 0 radical (unpaired) electrons. The lowest BCUT2D eigenvalue weighted by Gasteiger charge is -2.44. The monoisotopic (exact) mass is 351 g/mol. The zero-order valence-corrected chi connectivity index (χ0v) is 13.1. The summed E-state index contributed by atoms with van der Waals surface area (Å²) in [5.41, 5.74) is 0. The van der Waals surface area contributed by atoms with Crippen LogP contribution in [0.2, 0.25) is 0 Å². The van der Waals surface area contributed by atoms with Crippen LogP contribution in [-0.4, -0.2) is 86.2 Å². The normalized spacial score (nSPS) is 32.5. The first-order valence-electron chi connectivity index (χ1n) is 7.06. The van der Waals surface area contributed by atoms with Crippen LogP contribution in [0.25, 0.3) is 0 Å². The molecule has 0 bridgehead atoms. The van der Waals surface area contributed by atoms with Crippen molar-refractivity contribution in [3.05, 3.63) is 0 Å². The highest BCUT2D eigenvalue weighted by Crippen LogP contribution is 2.30. The molecule has 0 aliphatic carbocycles.